The Labute approximate surface area is 120 Å². The molecule has 1 aliphatic heterocycles. The predicted octanol–water partition coefficient (Wildman–Crippen LogP) is 1.96. The summed E-state index contributed by atoms with van der Waals surface area (Å²) in [5, 5.41) is 6.37. The van der Waals surface area contributed by atoms with Gasteiger partial charge in [-0.25, -0.2) is 0 Å². The van der Waals surface area contributed by atoms with Gasteiger partial charge in [-0.15, -0.1) is 0 Å². The van der Waals surface area contributed by atoms with Crippen molar-refractivity contribution in [3.63, 3.8) is 0 Å². The van der Waals surface area contributed by atoms with E-state index in [1.54, 1.807) is 6.92 Å². The van der Waals surface area contributed by atoms with Crippen molar-refractivity contribution >= 4 is 5.91 Å². The van der Waals surface area contributed by atoms with Crippen molar-refractivity contribution in [2.24, 2.45) is 5.41 Å². The van der Waals surface area contributed by atoms with Crippen LogP contribution in [0.15, 0.2) is 30.3 Å². The van der Waals surface area contributed by atoms with Gasteiger partial charge < -0.3 is 15.4 Å². The molecule has 2 N–H and O–H groups in total. The number of carbonyl (C=O) groups excluding carboxylic acids is 1. The number of para-hydroxylation sites is 1. The van der Waals surface area contributed by atoms with Crippen LogP contribution < -0.4 is 15.4 Å². The zero-order chi connectivity index (χ0) is 14.4. The average molecular weight is 276 g/mol. The second-order valence-corrected chi connectivity index (χ2v) is 5.85. The molecule has 0 bridgehead atoms. The van der Waals surface area contributed by atoms with E-state index < -0.39 is 6.10 Å². The largest absolute Gasteiger partial charge is 0.481 e. The molecule has 4 heteroatoms. The molecule has 1 aliphatic rings. The molecule has 1 unspecified atom stereocenters. The van der Waals surface area contributed by atoms with Crippen LogP contribution in [0.1, 0.15) is 26.7 Å². The van der Waals surface area contributed by atoms with Crippen LogP contribution >= 0.6 is 0 Å². The molecule has 0 aliphatic carbocycles. The van der Waals surface area contributed by atoms with Crippen molar-refractivity contribution in [2.45, 2.75) is 32.8 Å². The van der Waals surface area contributed by atoms with E-state index in [2.05, 4.69) is 17.6 Å². The van der Waals surface area contributed by atoms with Gasteiger partial charge in [-0.3, -0.25) is 4.79 Å². The van der Waals surface area contributed by atoms with Crippen LogP contribution in [0, 0.1) is 5.41 Å². The molecule has 0 radical (unpaired) electrons. The first-order chi connectivity index (χ1) is 9.59. The number of rotatable bonds is 5. The summed E-state index contributed by atoms with van der Waals surface area (Å²) in [5.41, 5.74) is 0.202. The van der Waals surface area contributed by atoms with Crippen molar-refractivity contribution < 1.29 is 9.53 Å². The van der Waals surface area contributed by atoms with Gasteiger partial charge in [0.15, 0.2) is 6.10 Å². The van der Waals surface area contributed by atoms with Crippen molar-refractivity contribution in [1.29, 1.82) is 0 Å². The van der Waals surface area contributed by atoms with Crippen LogP contribution in [0.2, 0.25) is 0 Å². The summed E-state index contributed by atoms with van der Waals surface area (Å²) >= 11 is 0. The van der Waals surface area contributed by atoms with Crippen LogP contribution in [-0.2, 0) is 4.79 Å². The maximum atomic E-state index is 12.1. The molecule has 110 valence electrons. The SMILES string of the molecule is CC(Oc1ccccc1)C(=O)NCC1(C)CCNCC1. The highest BCUT2D eigenvalue weighted by Crippen LogP contribution is 2.26. The average Bonchev–Trinajstić information content (AvgIpc) is 2.46. The van der Waals surface area contributed by atoms with Crippen molar-refractivity contribution in [1.82, 2.24) is 10.6 Å². The molecule has 1 amide bonds. The number of nitrogens with one attached hydrogen (secondary N) is 2. The van der Waals surface area contributed by atoms with Gasteiger partial charge in [-0.1, -0.05) is 25.1 Å². The van der Waals surface area contributed by atoms with Crippen molar-refractivity contribution in [3.8, 4) is 5.75 Å². The molecule has 20 heavy (non-hydrogen) atoms. The topological polar surface area (TPSA) is 50.4 Å². The molecule has 0 aromatic heterocycles. The van der Waals surface area contributed by atoms with Gasteiger partial charge in [-0.2, -0.15) is 0 Å². The van der Waals surface area contributed by atoms with Crippen LogP contribution in [0.5, 0.6) is 5.75 Å². The van der Waals surface area contributed by atoms with Gasteiger partial charge in [0.05, 0.1) is 0 Å². The van der Waals surface area contributed by atoms with Gasteiger partial charge in [0.25, 0.3) is 5.91 Å². The molecule has 0 saturated carbocycles. The Kier molecular flexibility index (Phi) is 5.01. The Morgan fingerprint density at radius 1 is 1.35 bits per heavy atom. The highest BCUT2D eigenvalue weighted by Gasteiger charge is 2.28. The lowest BCUT2D eigenvalue weighted by molar-refractivity contribution is -0.127. The van der Waals surface area contributed by atoms with Gasteiger partial charge in [-0.05, 0) is 50.4 Å². The van der Waals surface area contributed by atoms with Gasteiger partial charge in [0, 0.05) is 6.54 Å². The zero-order valence-corrected chi connectivity index (χ0v) is 12.3. The molecule has 1 heterocycles. The normalized spacial score (nSPS) is 19.1. The Morgan fingerprint density at radius 2 is 2.00 bits per heavy atom. The minimum absolute atomic E-state index is 0.0476. The van der Waals surface area contributed by atoms with Gasteiger partial charge in [0.2, 0.25) is 0 Å². The predicted molar refractivity (Wildman–Crippen MR) is 79.8 cm³/mol. The van der Waals surface area contributed by atoms with E-state index in [4.69, 9.17) is 4.74 Å². The molecule has 4 nitrogen and oxygen atoms in total. The summed E-state index contributed by atoms with van der Waals surface area (Å²) in [7, 11) is 0. The van der Waals surface area contributed by atoms with E-state index in [0.29, 0.717) is 0 Å². The summed E-state index contributed by atoms with van der Waals surface area (Å²) in [6.07, 6.45) is 1.73. The third-order valence-corrected chi connectivity index (χ3v) is 3.93. The van der Waals surface area contributed by atoms with E-state index >= 15 is 0 Å². The van der Waals surface area contributed by atoms with Crippen LogP contribution in [0.4, 0.5) is 0 Å². The molecule has 1 saturated heterocycles. The summed E-state index contributed by atoms with van der Waals surface area (Å²) in [5.74, 6) is 0.678. The van der Waals surface area contributed by atoms with E-state index in [9.17, 15) is 4.79 Å². The third kappa shape index (κ3) is 4.23. The first kappa shape index (κ1) is 14.9. The highest BCUT2D eigenvalue weighted by molar-refractivity contribution is 5.80. The third-order valence-electron chi connectivity index (χ3n) is 3.93. The fraction of sp³-hybridized carbons (Fsp3) is 0.562. The number of amides is 1. The lowest BCUT2D eigenvalue weighted by Gasteiger charge is -2.34. The van der Waals surface area contributed by atoms with Crippen molar-refractivity contribution in [3.05, 3.63) is 30.3 Å². The van der Waals surface area contributed by atoms with Crippen LogP contribution in [0.3, 0.4) is 0 Å². The number of hydrogen-bond donors (Lipinski definition) is 2. The number of piperidine rings is 1. The molecule has 0 spiro atoms. The minimum Gasteiger partial charge on any atom is -0.481 e. The van der Waals surface area contributed by atoms with E-state index in [-0.39, 0.29) is 11.3 Å². The molecular weight excluding hydrogens is 252 g/mol. The van der Waals surface area contributed by atoms with Gasteiger partial charge >= 0.3 is 0 Å². The Bertz CT molecular complexity index is 427. The molecule has 1 atom stereocenters. The fourth-order valence-electron chi connectivity index (χ4n) is 2.41. The molecule has 2 rings (SSSR count). The second-order valence-electron chi connectivity index (χ2n) is 5.85. The van der Waals surface area contributed by atoms with E-state index in [1.165, 1.54) is 0 Å². The number of benzene rings is 1. The van der Waals surface area contributed by atoms with E-state index in [0.717, 1.165) is 38.2 Å². The maximum Gasteiger partial charge on any atom is 0.260 e. The van der Waals surface area contributed by atoms with E-state index in [1.807, 2.05) is 30.3 Å². The smallest absolute Gasteiger partial charge is 0.260 e. The lowest BCUT2D eigenvalue weighted by Crippen LogP contribution is -2.45. The zero-order valence-electron chi connectivity index (χ0n) is 12.3. The van der Waals surface area contributed by atoms with Gasteiger partial charge in [0.1, 0.15) is 5.75 Å². The monoisotopic (exact) mass is 276 g/mol. The fourth-order valence-corrected chi connectivity index (χ4v) is 2.41. The Hall–Kier alpha value is -1.55. The highest BCUT2D eigenvalue weighted by atomic mass is 16.5. The number of hydrogen-bond acceptors (Lipinski definition) is 3. The Balaban J connectivity index is 1.79. The molecule has 1 fully saturated rings. The maximum absolute atomic E-state index is 12.1. The van der Waals surface area contributed by atoms with Crippen LogP contribution in [0.25, 0.3) is 0 Å². The number of carbonyl (C=O) groups is 1. The standard InChI is InChI=1S/C16H24N2O2/c1-13(20-14-6-4-3-5-7-14)15(19)18-12-16(2)8-10-17-11-9-16/h3-7,13,17H,8-12H2,1-2H3,(H,18,19). The minimum atomic E-state index is -0.470. The molecule has 1 aromatic carbocycles. The summed E-state index contributed by atoms with van der Waals surface area (Å²) in [6, 6.07) is 9.44. The van der Waals surface area contributed by atoms with Crippen molar-refractivity contribution in [2.75, 3.05) is 19.6 Å². The molecular formula is C16H24N2O2. The Morgan fingerprint density at radius 3 is 2.65 bits per heavy atom. The second kappa shape index (κ2) is 6.75. The summed E-state index contributed by atoms with van der Waals surface area (Å²) in [6.45, 7) is 6.80. The number of ether oxygens (including phenoxy) is 1. The molecule has 1 aromatic rings. The first-order valence-corrected chi connectivity index (χ1v) is 7.29. The first-order valence-electron chi connectivity index (χ1n) is 7.29. The van der Waals surface area contributed by atoms with Crippen LogP contribution in [-0.4, -0.2) is 31.6 Å². The lowest BCUT2D eigenvalue weighted by atomic mass is 9.81. The summed E-state index contributed by atoms with van der Waals surface area (Å²) in [4.78, 5) is 12.1. The summed E-state index contributed by atoms with van der Waals surface area (Å²) < 4.78 is 5.62. The quantitative estimate of drug-likeness (QED) is 0.864.